The van der Waals surface area contributed by atoms with Gasteiger partial charge in [0.05, 0.1) is 5.75 Å². The number of hydrogen-bond acceptors (Lipinski definition) is 5. The van der Waals surface area contributed by atoms with Gasteiger partial charge in [-0.05, 0) is 44.4 Å². The van der Waals surface area contributed by atoms with E-state index in [9.17, 15) is 8.42 Å². The molecule has 0 spiro atoms. The van der Waals surface area contributed by atoms with Crippen LogP contribution in [0.1, 0.15) is 25.8 Å². The van der Waals surface area contributed by atoms with Gasteiger partial charge in [-0.2, -0.15) is 0 Å². The lowest BCUT2D eigenvalue weighted by Crippen LogP contribution is -2.23. The number of aromatic nitrogens is 2. The van der Waals surface area contributed by atoms with Crippen molar-refractivity contribution in [2.75, 3.05) is 28.5 Å². The van der Waals surface area contributed by atoms with E-state index >= 15 is 0 Å². The molecule has 0 radical (unpaired) electrons. The van der Waals surface area contributed by atoms with Crippen LogP contribution in [-0.2, 0) is 16.4 Å². The van der Waals surface area contributed by atoms with Crippen molar-refractivity contribution < 1.29 is 8.42 Å². The zero-order valence-corrected chi connectivity index (χ0v) is 15.0. The van der Waals surface area contributed by atoms with Crippen LogP contribution in [-0.4, -0.2) is 37.5 Å². The molecule has 0 saturated carbocycles. The molecule has 2 rings (SSSR count). The summed E-state index contributed by atoms with van der Waals surface area (Å²) in [4.78, 5) is 2.05. The summed E-state index contributed by atoms with van der Waals surface area (Å²) in [7, 11) is -3.42. The molecule has 1 aromatic carbocycles. The highest BCUT2D eigenvalue weighted by Crippen LogP contribution is 2.13. The standard InChI is InChI=1S/C17H24N4O2S/c1-3-21(4-2)17-13-12-16(18-19-17)20-24(22,23)14-8-11-15-9-6-5-7-10-15/h5-7,9-10,12-13H,3-4,8,11,14H2,1-2H3,(H,18,20). The highest BCUT2D eigenvalue weighted by Gasteiger charge is 2.12. The Morgan fingerprint density at radius 2 is 1.71 bits per heavy atom. The molecule has 0 saturated heterocycles. The van der Waals surface area contributed by atoms with Crippen LogP contribution in [0.3, 0.4) is 0 Å². The quantitative estimate of drug-likeness (QED) is 0.754. The Bertz CT molecular complexity index is 714. The van der Waals surface area contributed by atoms with Crippen LogP contribution >= 0.6 is 0 Å². The number of nitrogens with one attached hydrogen (secondary N) is 1. The van der Waals surface area contributed by atoms with E-state index in [1.54, 1.807) is 12.1 Å². The minimum Gasteiger partial charge on any atom is -0.356 e. The van der Waals surface area contributed by atoms with Crippen molar-refractivity contribution in [3.63, 3.8) is 0 Å². The third kappa shape index (κ3) is 5.49. The van der Waals surface area contributed by atoms with Gasteiger partial charge in [-0.1, -0.05) is 30.3 Å². The number of sulfonamides is 1. The van der Waals surface area contributed by atoms with Crippen molar-refractivity contribution in [2.45, 2.75) is 26.7 Å². The van der Waals surface area contributed by atoms with E-state index in [2.05, 4.69) is 14.9 Å². The van der Waals surface area contributed by atoms with Gasteiger partial charge in [-0.3, -0.25) is 4.72 Å². The van der Waals surface area contributed by atoms with Gasteiger partial charge in [-0.15, -0.1) is 10.2 Å². The van der Waals surface area contributed by atoms with Gasteiger partial charge < -0.3 is 4.90 Å². The summed E-state index contributed by atoms with van der Waals surface area (Å²) >= 11 is 0. The first kappa shape index (κ1) is 18.2. The Morgan fingerprint density at radius 1 is 1.00 bits per heavy atom. The predicted molar refractivity (Wildman–Crippen MR) is 97.8 cm³/mol. The molecule has 0 atom stereocenters. The van der Waals surface area contributed by atoms with Gasteiger partial charge in [0, 0.05) is 13.1 Å². The van der Waals surface area contributed by atoms with Gasteiger partial charge in [0.15, 0.2) is 11.6 Å². The van der Waals surface area contributed by atoms with Crippen molar-refractivity contribution in [3.8, 4) is 0 Å². The van der Waals surface area contributed by atoms with E-state index in [1.165, 1.54) is 0 Å². The number of hydrogen-bond donors (Lipinski definition) is 1. The molecule has 1 aromatic heterocycles. The second-order valence-electron chi connectivity index (χ2n) is 5.46. The molecule has 0 fully saturated rings. The molecule has 6 nitrogen and oxygen atoms in total. The second kappa shape index (κ2) is 8.63. The zero-order chi connectivity index (χ0) is 17.4. The average Bonchev–Trinajstić information content (AvgIpc) is 2.58. The number of anilines is 2. The molecule has 0 aliphatic carbocycles. The molecule has 0 aliphatic heterocycles. The van der Waals surface area contributed by atoms with E-state index in [1.807, 2.05) is 49.1 Å². The number of nitrogens with zero attached hydrogens (tertiary/aromatic N) is 3. The molecule has 130 valence electrons. The van der Waals surface area contributed by atoms with Crippen molar-refractivity contribution >= 4 is 21.7 Å². The molecule has 0 unspecified atom stereocenters. The summed E-state index contributed by atoms with van der Waals surface area (Å²) in [5.41, 5.74) is 1.14. The molecule has 0 amide bonds. The smallest absolute Gasteiger partial charge is 0.233 e. The highest BCUT2D eigenvalue weighted by atomic mass is 32.2. The third-order valence-electron chi connectivity index (χ3n) is 3.72. The summed E-state index contributed by atoms with van der Waals surface area (Å²) < 4.78 is 26.8. The predicted octanol–water partition coefficient (Wildman–Crippen LogP) is 2.70. The van der Waals surface area contributed by atoms with Crippen molar-refractivity contribution in [2.24, 2.45) is 0 Å². The first-order valence-electron chi connectivity index (χ1n) is 8.17. The van der Waals surface area contributed by atoms with Crippen LogP contribution in [0, 0.1) is 0 Å². The van der Waals surface area contributed by atoms with Crippen LogP contribution in [0.15, 0.2) is 42.5 Å². The maximum absolute atomic E-state index is 12.1. The third-order valence-corrected chi connectivity index (χ3v) is 5.07. The van der Waals surface area contributed by atoms with Crippen LogP contribution in [0.4, 0.5) is 11.6 Å². The van der Waals surface area contributed by atoms with Gasteiger partial charge in [0.1, 0.15) is 0 Å². The second-order valence-corrected chi connectivity index (χ2v) is 7.30. The van der Waals surface area contributed by atoms with Gasteiger partial charge >= 0.3 is 0 Å². The molecule has 0 aliphatic rings. The van der Waals surface area contributed by atoms with Crippen molar-refractivity contribution in [3.05, 3.63) is 48.0 Å². The van der Waals surface area contributed by atoms with Gasteiger partial charge in [-0.25, -0.2) is 8.42 Å². The maximum Gasteiger partial charge on any atom is 0.233 e. The normalized spacial score (nSPS) is 11.2. The van der Waals surface area contributed by atoms with Crippen LogP contribution < -0.4 is 9.62 Å². The van der Waals surface area contributed by atoms with E-state index in [-0.39, 0.29) is 11.6 Å². The fourth-order valence-corrected chi connectivity index (χ4v) is 3.47. The zero-order valence-electron chi connectivity index (χ0n) is 14.1. The van der Waals surface area contributed by atoms with Crippen molar-refractivity contribution in [1.29, 1.82) is 0 Å². The van der Waals surface area contributed by atoms with Gasteiger partial charge in [0.25, 0.3) is 0 Å². The highest BCUT2D eigenvalue weighted by molar-refractivity contribution is 7.92. The first-order chi connectivity index (χ1) is 11.5. The summed E-state index contributed by atoms with van der Waals surface area (Å²) in [6.07, 6.45) is 1.29. The lowest BCUT2D eigenvalue weighted by molar-refractivity contribution is 0.598. The first-order valence-corrected chi connectivity index (χ1v) is 9.82. The van der Waals surface area contributed by atoms with Gasteiger partial charge in [0.2, 0.25) is 10.0 Å². The van der Waals surface area contributed by atoms with E-state index in [0.29, 0.717) is 6.42 Å². The molecule has 2 aromatic rings. The number of benzene rings is 1. The molecule has 1 heterocycles. The molecule has 1 N–H and O–H groups in total. The van der Waals surface area contributed by atoms with Crippen molar-refractivity contribution in [1.82, 2.24) is 10.2 Å². The SMILES string of the molecule is CCN(CC)c1ccc(NS(=O)(=O)CCCc2ccccc2)nn1. The molecular weight excluding hydrogens is 324 g/mol. The van der Waals surface area contributed by atoms with E-state index in [4.69, 9.17) is 0 Å². The van der Waals surface area contributed by atoms with Crippen LogP contribution in [0.2, 0.25) is 0 Å². The molecule has 24 heavy (non-hydrogen) atoms. The largest absolute Gasteiger partial charge is 0.356 e. The number of aryl methyl sites for hydroxylation is 1. The lowest BCUT2D eigenvalue weighted by atomic mass is 10.1. The van der Waals surface area contributed by atoms with Crippen LogP contribution in [0.25, 0.3) is 0 Å². The summed E-state index contributed by atoms with van der Waals surface area (Å²) in [6.45, 7) is 5.73. The summed E-state index contributed by atoms with van der Waals surface area (Å²) in [6, 6.07) is 13.3. The van der Waals surface area contributed by atoms with E-state index in [0.717, 1.165) is 30.9 Å². The fourth-order valence-electron chi connectivity index (χ4n) is 2.42. The lowest BCUT2D eigenvalue weighted by Gasteiger charge is -2.18. The Kier molecular flexibility index (Phi) is 6.54. The number of rotatable bonds is 9. The maximum atomic E-state index is 12.1. The Labute approximate surface area is 144 Å². The Balaban J connectivity index is 1.89. The fraction of sp³-hybridized carbons (Fsp3) is 0.412. The minimum absolute atomic E-state index is 0.0569. The van der Waals surface area contributed by atoms with Crippen LogP contribution in [0.5, 0.6) is 0 Å². The van der Waals surface area contributed by atoms with E-state index < -0.39 is 10.0 Å². The minimum atomic E-state index is -3.42. The summed E-state index contributed by atoms with van der Waals surface area (Å²) in [5.74, 6) is 1.05. The average molecular weight is 348 g/mol. The topological polar surface area (TPSA) is 75.2 Å². The Morgan fingerprint density at radius 3 is 2.29 bits per heavy atom. The molecule has 0 bridgehead atoms. The molecule has 7 heteroatoms. The monoisotopic (exact) mass is 348 g/mol. The molecular formula is C17H24N4O2S. The summed E-state index contributed by atoms with van der Waals surface area (Å²) in [5, 5.41) is 8.05. The Hall–Kier alpha value is -2.15.